The fourth-order valence-electron chi connectivity index (χ4n) is 5.90. The van der Waals surface area contributed by atoms with E-state index in [9.17, 15) is 0 Å². The molecule has 150 valence electrons. The first-order valence-electron chi connectivity index (χ1n) is 11.3. The molecule has 2 bridgehead atoms. The second kappa shape index (κ2) is 6.88. The molecular formula is C25H30N4. The second-order valence-electron chi connectivity index (χ2n) is 9.37. The molecule has 0 aliphatic carbocycles. The van der Waals surface area contributed by atoms with Gasteiger partial charge < -0.3 is 15.2 Å². The number of piperidine rings is 1. The van der Waals surface area contributed by atoms with Gasteiger partial charge in [-0.2, -0.15) is 0 Å². The zero-order valence-corrected chi connectivity index (χ0v) is 17.2. The van der Waals surface area contributed by atoms with E-state index < -0.39 is 0 Å². The number of fused-ring (bicyclic) bond motifs is 5. The maximum atomic E-state index is 5.29. The summed E-state index contributed by atoms with van der Waals surface area (Å²) in [7, 11) is 0. The number of benzene rings is 2. The summed E-state index contributed by atoms with van der Waals surface area (Å²) in [6.07, 6.45) is 8.35. The number of nitrogens with zero attached hydrogens (tertiary/aromatic N) is 2. The molecular weight excluding hydrogens is 356 g/mol. The van der Waals surface area contributed by atoms with Crippen LogP contribution in [0, 0.1) is 0 Å². The van der Waals surface area contributed by atoms with E-state index >= 15 is 0 Å². The number of imidazole rings is 1. The molecule has 3 atom stereocenters. The number of rotatable bonds is 3. The summed E-state index contributed by atoms with van der Waals surface area (Å²) in [6.45, 7) is 2.28. The van der Waals surface area contributed by atoms with Gasteiger partial charge in [0.1, 0.15) is 5.82 Å². The summed E-state index contributed by atoms with van der Waals surface area (Å²) in [5.74, 6) is 1.24. The summed E-state index contributed by atoms with van der Waals surface area (Å²) >= 11 is 0. The third kappa shape index (κ3) is 3.05. The summed E-state index contributed by atoms with van der Waals surface area (Å²) in [5, 5.41) is 7.49. The molecule has 4 heterocycles. The highest BCUT2D eigenvalue weighted by Gasteiger charge is 2.36. The number of anilines is 1. The second-order valence-corrected chi connectivity index (χ2v) is 9.37. The summed E-state index contributed by atoms with van der Waals surface area (Å²) in [5.41, 5.74) is 6.64. The molecule has 2 aromatic carbocycles. The molecule has 2 N–H and O–H groups in total. The van der Waals surface area contributed by atoms with E-state index in [0.717, 1.165) is 12.8 Å². The van der Waals surface area contributed by atoms with E-state index in [1.807, 2.05) is 0 Å². The minimum absolute atomic E-state index is 0.547. The molecule has 4 nitrogen and oxygen atoms in total. The average molecular weight is 387 g/mol. The van der Waals surface area contributed by atoms with E-state index in [-0.39, 0.29) is 0 Å². The number of nitrogens with one attached hydrogen (secondary N) is 2. The molecule has 2 fully saturated rings. The van der Waals surface area contributed by atoms with Crippen molar-refractivity contribution >= 4 is 16.7 Å². The van der Waals surface area contributed by atoms with Gasteiger partial charge >= 0.3 is 0 Å². The van der Waals surface area contributed by atoms with Gasteiger partial charge in [0.05, 0.1) is 11.0 Å². The molecule has 4 heteroatoms. The molecule has 0 radical (unpaired) electrons. The Morgan fingerprint density at radius 2 is 1.79 bits per heavy atom. The Labute approximate surface area is 172 Å². The van der Waals surface area contributed by atoms with E-state index in [1.54, 1.807) is 0 Å². The Kier molecular flexibility index (Phi) is 4.15. The van der Waals surface area contributed by atoms with Gasteiger partial charge in [-0.05, 0) is 63.1 Å². The van der Waals surface area contributed by atoms with Crippen molar-refractivity contribution in [1.82, 2.24) is 14.9 Å². The predicted octanol–water partition coefficient (Wildman–Crippen LogP) is 4.83. The minimum Gasteiger partial charge on any atom is -0.382 e. The number of hydrogen-bond acceptors (Lipinski definition) is 3. The molecule has 3 aliphatic rings. The number of aryl methyl sites for hydroxylation is 1. The maximum Gasteiger partial charge on any atom is 0.114 e. The van der Waals surface area contributed by atoms with Gasteiger partial charge in [0.15, 0.2) is 0 Å². The summed E-state index contributed by atoms with van der Waals surface area (Å²) in [4.78, 5) is 5.29. The molecule has 0 amide bonds. The summed E-state index contributed by atoms with van der Waals surface area (Å²) < 4.78 is 2.62. The van der Waals surface area contributed by atoms with Crippen LogP contribution in [0.5, 0.6) is 0 Å². The molecule has 6 rings (SSSR count). The van der Waals surface area contributed by atoms with Crippen LogP contribution in [0.25, 0.3) is 11.0 Å². The SMILES string of the molecule is C[C@H]1CCc2c(ccc3c2nc(Cc2ccccc2)n3C2CC3CCC(C2)N3)N1. The molecule has 29 heavy (non-hydrogen) atoms. The number of aromatic nitrogens is 2. The normalized spacial score (nSPS) is 28.3. The van der Waals surface area contributed by atoms with Crippen molar-refractivity contribution in [3.8, 4) is 0 Å². The molecule has 3 aliphatic heterocycles. The Balaban J connectivity index is 1.49. The third-order valence-corrected chi connectivity index (χ3v) is 7.29. The van der Waals surface area contributed by atoms with Gasteiger partial charge in [-0.1, -0.05) is 30.3 Å². The van der Waals surface area contributed by atoms with Crippen molar-refractivity contribution in [2.75, 3.05) is 5.32 Å². The zero-order chi connectivity index (χ0) is 19.4. The first-order valence-corrected chi connectivity index (χ1v) is 11.3. The van der Waals surface area contributed by atoms with Crippen LogP contribution in [0.1, 0.15) is 62.0 Å². The smallest absolute Gasteiger partial charge is 0.114 e. The van der Waals surface area contributed by atoms with Crippen LogP contribution in [-0.4, -0.2) is 27.7 Å². The third-order valence-electron chi connectivity index (χ3n) is 7.29. The van der Waals surface area contributed by atoms with Crippen LogP contribution >= 0.6 is 0 Å². The van der Waals surface area contributed by atoms with Crippen molar-refractivity contribution in [3.63, 3.8) is 0 Å². The van der Waals surface area contributed by atoms with Crippen molar-refractivity contribution in [2.45, 2.75) is 76.0 Å². The molecule has 1 aromatic heterocycles. The largest absolute Gasteiger partial charge is 0.382 e. The van der Waals surface area contributed by atoms with Gasteiger partial charge in [-0.25, -0.2) is 4.98 Å². The zero-order valence-electron chi connectivity index (χ0n) is 17.2. The molecule has 0 saturated carbocycles. The van der Waals surface area contributed by atoms with Gasteiger partial charge in [-0.3, -0.25) is 0 Å². The lowest BCUT2D eigenvalue weighted by Gasteiger charge is -2.32. The lowest BCUT2D eigenvalue weighted by atomic mass is 9.96. The van der Waals surface area contributed by atoms with Crippen molar-refractivity contribution in [3.05, 3.63) is 59.4 Å². The molecule has 3 aromatic rings. The minimum atomic E-state index is 0.547. The number of hydrogen-bond donors (Lipinski definition) is 2. The quantitative estimate of drug-likeness (QED) is 0.677. The van der Waals surface area contributed by atoms with Crippen LogP contribution in [0.2, 0.25) is 0 Å². The Bertz CT molecular complexity index is 1030. The Morgan fingerprint density at radius 3 is 2.59 bits per heavy atom. The van der Waals surface area contributed by atoms with Crippen molar-refractivity contribution in [2.24, 2.45) is 0 Å². The van der Waals surface area contributed by atoms with E-state index in [1.165, 1.54) is 65.8 Å². The highest BCUT2D eigenvalue weighted by atomic mass is 15.1. The van der Waals surface area contributed by atoms with E-state index in [2.05, 4.69) is 64.6 Å². The molecule has 2 unspecified atom stereocenters. The standard InChI is InChI=1S/C25H30N4/c1-16-7-10-21-22(26-16)11-12-23-25(21)28-24(13-17-5-3-2-4-6-17)29(23)20-14-18-8-9-19(15-20)27-18/h2-6,11-12,16,18-20,26-27H,7-10,13-15H2,1H3/t16-,18?,19?,20?/m0/s1. The lowest BCUT2D eigenvalue weighted by Crippen LogP contribution is -2.39. The highest BCUT2D eigenvalue weighted by molar-refractivity contribution is 5.86. The first-order chi connectivity index (χ1) is 14.2. The van der Waals surface area contributed by atoms with Crippen LogP contribution in [0.15, 0.2) is 42.5 Å². The highest BCUT2D eigenvalue weighted by Crippen LogP contribution is 2.39. The van der Waals surface area contributed by atoms with Crippen LogP contribution in [0.3, 0.4) is 0 Å². The van der Waals surface area contributed by atoms with Crippen molar-refractivity contribution in [1.29, 1.82) is 0 Å². The lowest BCUT2D eigenvalue weighted by molar-refractivity contribution is 0.299. The van der Waals surface area contributed by atoms with Gasteiger partial charge in [0.25, 0.3) is 0 Å². The maximum absolute atomic E-state index is 5.29. The van der Waals surface area contributed by atoms with E-state index in [4.69, 9.17) is 4.98 Å². The van der Waals surface area contributed by atoms with Crippen LogP contribution in [0.4, 0.5) is 5.69 Å². The Morgan fingerprint density at radius 1 is 1.00 bits per heavy atom. The first kappa shape index (κ1) is 17.5. The topological polar surface area (TPSA) is 41.9 Å². The fraction of sp³-hybridized carbons (Fsp3) is 0.480. The van der Waals surface area contributed by atoms with Gasteiger partial charge in [-0.15, -0.1) is 0 Å². The predicted molar refractivity (Wildman–Crippen MR) is 119 cm³/mol. The van der Waals surface area contributed by atoms with Crippen LogP contribution < -0.4 is 10.6 Å². The monoisotopic (exact) mass is 386 g/mol. The average Bonchev–Trinajstić information content (AvgIpc) is 3.27. The Hall–Kier alpha value is -2.33. The van der Waals surface area contributed by atoms with Gasteiger partial charge in [0, 0.05) is 41.8 Å². The fourth-order valence-corrected chi connectivity index (χ4v) is 5.90. The van der Waals surface area contributed by atoms with Crippen LogP contribution in [-0.2, 0) is 12.8 Å². The van der Waals surface area contributed by atoms with E-state index in [0.29, 0.717) is 24.2 Å². The molecule has 2 saturated heterocycles. The van der Waals surface area contributed by atoms with Crippen molar-refractivity contribution < 1.29 is 0 Å². The summed E-state index contributed by atoms with van der Waals surface area (Å²) in [6, 6.07) is 17.9. The van der Waals surface area contributed by atoms with Gasteiger partial charge in [0.2, 0.25) is 0 Å². The molecule has 0 spiro atoms.